The van der Waals surface area contributed by atoms with Crippen LogP contribution in [0.5, 0.6) is 0 Å². The molecule has 22 heavy (non-hydrogen) atoms. The zero-order valence-corrected chi connectivity index (χ0v) is 12.5. The summed E-state index contributed by atoms with van der Waals surface area (Å²) in [5.74, 6) is -2.42. The molecule has 0 aromatic rings. The van der Waals surface area contributed by atoms with E-state index in [9.17, 15) is 26.3 Å². The quantitative estimate of drug-likeness (QED) is 0.666. The van der Waals surface area contributed by atoms with Gasteiger partial charge in [0.15, 0.2) is 5.67 Å². The van der Waals surface area contributed by atoms with Crippen LogP contribution in [0.25, 0.3) is 0 Å². The van der Waals surface area contributed by atoms with Gasteiger partial charge in [-0.15, -0.1) is 0 Å². The second kappa shape index (κ2) is 4.98. The van der Waals surface area contributed by atoms with Crippen molar-refractivity contribution >= 4 is 0 Å². The number of alkyl halides is 7. The molecule has 0 spiro atoms. The van der Waals surface area contributed by atoms with Crippen LogP contribution in [0.2, 0.25) is 0 Å². The third-order valence-corrected chi connectivity index (χ3v) is 5.66. The molecule has 0 heterocycles. The molecule has 2 rings (SSSR count). The molecule has 0 aliphatic heterocycles. The van der Waals surface area contributed by atoms with E-state index in [1.165, 1.54) is 6.92 Å². The Balaban J connectivity index is 2.60. The molecule has 2 aliphatic rings. The topological polar surface area (TPSA) is 9.23 Å². The summed E-state index contributed by atoms with van der Waals surface area (Å²) in [6.07, 6.45) is -12.5. The van der Waals surface area contributed by atoms with Crippen LogP contribution in [0, 0.1) is 23.7 Å². The van der Waals surface area contributed by atoms with E-state index in [4.69, 9.17) is 0 Å². The minimum absolute atomic E-state index is 0.0415. The van der Waals surface area contributed by atoms with Crippen LogP contribution in [-0.2, 0) is 4.74 Å². The third kappa shape index (κ3) is 2.01. The molecule has 1 nitrogen and oxygen atoms in total. The van der Waals surface area contributed by atoms with Crippen molar-refractivity contribution in [3.05, 3.63) is 0 Å². The maximum Gasteiger partial charge on any atom is 0.429 e. The molecule has 5 atom stereocenters. The van der Waals surface area contributed by atoms with Gasteiger partial charge >= 0.3 is 12.4 Å². The van der Waals surface area contributed by atoms with Gasteiger partial charge in [0.2, 0.25) is 0 Å². The molecule has 0 amide bonds. The van der Waals surface area contributed by atoms with Crippen molar-refractivity contribution in [3.8, 4) is 0 Å². The fourth-order valence-corrected chi connectivity index (χ4v) is 4.49. The fraction of sp³-hybridized carbons (Fsp3) is 1.00. The summed E-state index contributed by atoms with van der Waals surface area (Å²) < 4.78 is 100. The van der Waals surface area contributed by atoms with Crippen molar-refractivity contribution in [2.24, 2.45) is 23.7 Å². The Morgan fingerprint density at radius 3 is 1.82 bits per heavy atom. The maximum absolute atomic E-state index is 15.4. The Morgan fingerprint density at radius 1 is 1.00 bits per heavy atom. The number of hydrogen-bond donors (Lipinski definition) is 0. The first-order chi connectivity index (χ1) is 9.83. The molecule has 130 valence electrons. The molecule has 2 aliphatic carbocycles. The lowest BCUT2D eigenvalue weighted by Gasteiger charge is -2.50. The fourth-order valence-electron chi connectivity index (χ4n) is 4.49. The van der Waals surface area contributed by atoms with Gasteiger partial charge in [-0.25, -0.2) is 4.39 Å². The maximum atomic E-state index is 15.4. The third-order valence-electron chi connectivity index (χ3n) is 5.66. The molecule has 0 aromatic heterocycles. The van der Waals surface area contributed by atoms with Gasteiger partial charge in [0.1, 0.15) is 0 Å². The van der Waals surface area contributed by atoms with E-state index in [0.717, 1.165) is 6.92 Å². The standard InChI is InChI=1S/C14H19F7O/c1-4-22-12(13(16,17)18,14(19,20)21)11(15)6-9-5-10(11)8(3)7(9)2/h7-10H,4-6H2,1-3H3. The molecule has 2 bridgehead atoms. The zero-order chi connectivity index (χ0) is 17.1. The number of ether oxygens (including phenoxy) is 1. The predicted molar refractivity (Wildman–Crippen MR) is 64.8 cm³/mol. The smallest absolute Gasteiger partial charge is 0.356 e. The van der Waals surface area contributed by atoms with Crippen molar-refractivity contribution in [3.63, 3.8) is 0 Å². The Hall–Kier alpha value is -0.530. The highest BCUT2D eigenvalue weighted by atomic mass is 19.4. The Morgan fingerprint density at radius 2 is 1.50 bits per heavy atom. The summed E-state index contributed by atoms with van der Waals surface area (Å²) in [5, 5.41) is 0. The lowest BCUT2D eigenvalue weighted by Crippen LogP contribution is -2.72. The molecule has 0 aromatic carbocycles. The highest BCUT2D eigenvalue weighted by Gasteiger charge is 2.85. The first kappa shape index (κ1) is 17.8. The monoisotopic (exact) mass is 336 g/mol. The van der Waals surface area contributed by atoms with Crippen molar-refractivity contribution in [1.82, 2.24) is 0 Å². The average molecular weight is 336 g/mol. The molecule has 0 N–H and O–H groups in total. The van der Waals surface area contributed by atoms with Crippen LogP contribution in [0.4, 0.5) is 30.7 Å². The lowest BCUT2D eigenvalue weighted by molar-refractivity contribution is -0.421. The van der Waals surface area contributed by atoms with Gasteiger partial charge < -0.3 is 4.74 Å². The van der Waals surface area contributed by atoms with E-state index in [2.05, 4.69) is 4.74 Å². The molecule has 8 heteroatoms. The van der Waals surface area contributed by atoms with Gasteiger partial charge in [-0.05, 0) is 43.4 Å². The van der Waals surface area contributed by atoms with Crippen LogP contribution in [-0.4, -0.2) is 30.2 Å². The summed E-state index contributed by atoms with van der Waals surface area (Å²) in [4.78, 5) is 0. The Bertz CT molecular complexity index is 414. The minimum Gasteiger partial charge on any atom is -0.356 e. The normalized spacial score (nSPS) is 39.5. The summed E-state index contributed by atoms with van der Waals surface area (Å²) in [7, 11) is 0. The second-order valence-electron chi connectivity index (χ2n) is 6.50. The van der Waals surface area contributed by atoms with Gasteiger partial charge in [0.05, 0.1) is 0 Å². The lowest BCUT2D eigenvalue weighted by atomic mass is 9.66. The van der Waals surface area contributed by atoms with E-state index in [-0.39, 0.29) is 12.3 Å². The average Bonchev–Trinajstić information content (AvgIpc) is 2.81. The predicted octanol–water partition coefficient (Wildman–Crippen LogP) is 4.91. The van der Waals surface area contributed by atoms with Crippen LogP contribution < -0.4 is 0 Å². The largest absolute Gasteiger partial charge is 0.429 e. The van der Waals surface area contributed by atoms with Gasteiger partial charge in [-0.1, -0.05) is 13.8 Å². The Kier molecular flexibility index (Phi) is 4.03. The van der Waals surface area contributed by atoms with Gasteiger partial charge in [-0.3, -0.25) is 0 Å². The minimum atomic E-state index is -5.87. The first-order valence-corrected chi connectivity index (χ1v) is 7.29. The molecular weight excluding hydrogens is 317 g/mol. The molecule has 0 saturated heterocycles. The van der Waals surface area contributed by atoms with Crippen LogP contribution >= 0.6 is 0 Å². The van der Waals surface area contributed by atoms with E-state index in [1.54, 1.807) is 6.92 Å². The van der Waals surface area contributed by atoms with Gasteiger partial charge in [0, 0.05) is 6.61 Å². The molecule has 5 unspecified atom stereocenters. The summed E-state index contributed by atoms with van der Waals surface area (Å²) in [5.41, 5.74) is -8.23. The van der Waals surface area contributed by atoms with Crippen molar-refractivity contribution in [2.45, 2.75) is 57.2 Å². The van der Waals surface area contributed by atoms with E-state index < -0.39 is 54.4 Å². The van der Waals surface area contributed by atoms with Crippen LogP contribution in [0.3, 0.4) is 0 Å². The number of rotatable bonds is 3. The van der Waals surface area contributed by atoms with Gasteiger partial charge in [-0.2, -0.15) is 26.3 Å². The summed E-state index contributed by atoms with van der Waals surface area (Å²) >= 11 is 0. The van der Waals surface area contributed by atoms with E-state index in [0.29, 0.717) is 0 Å². The molecule has 0 radical (unpaired) electrons. The number of fused-ring (bicyclic) bond motifs is 2. The highest BCUT2D eigenvalue weighted by Crippen LogP contribution is 2.67. The molecular formula is C14H19F7O. The Labute approximate surface area is 124 Å². The van der Waals surface area contributed by atoms with Crippen molar-refractivity contribution in [2.75, 3.05) is 6.61 Å². The zero-order valence-electron chi connectivity index (χ0n) is 12.5. The molecule has 2 saturated carbocycles. The summed E-state index contributed by atoms with van der Waals surface area (Å²) in [6.45, 7) is 3.41. The number of halogens is 7. The van der Waals surface area contributed by atoms with Crippen LogP contribution in [0.15, 0.2) is 0 Å². The second-order valence-corrected chi connectivity index (χ2v) is 6.50. The van der Waals surface area contributed by atoms with E-state index >= 15 is 4.39 Å². The van der Waals surface area contributed by atoms with Gasteiger partial charge in [0.25, 0.3) is 5.60 Å². The molecule has 2 fully saturated rings. The van der Waals surface area contributed by atoms with Crippen molar-refractivity contribution < 1.29 is 35.5 Å². The van der Waals surface area contributed by atoms with Crippen LogP contribution in [0.1, 0.15) is 33.6 Å². The van der Waals surface area contributed by atoms with E-state index in [1.807, 2.05) is 0 Å². The summed E-state index contributed by atoms with van der Waals surface area (Å²) in [6, 6.07) is 0. The number of hydrogen-bond acceptors (Lipinski definition) is 1. The SMILES string of the molecule is CCOC(C(F)(F)F)(C(F)(F)F)C1(F)CC2CC1C(C)C2C. The first-order valence-electron chi connectivity index (χ1n) is 7.29. The highest BCUT2D eigenvalue weighted by molar-refractivity contribution is 5.21. The van der Waals surface area contributed by atoms with Crippen molar-refractivity contribution in [1.29, 1.82) is 0 Å².